The normalized spacial score (nSPS) is 28.2. The second-order valence-electron chi connectivity index (χ2n) is 1.67. The van der Waals surface area contributed by atoms with Crippen LogP contribution in [0.2, 0.25) is 0 Å². The van der Waals surface area contributed by atoms with Crippen molar-refractivity contribution in [2.24, 2.45) is 5.73 Å². The van der Waals surface area contributed by atoms with E-state index in [2.05, 4.69) is 5.32 Å². The van der Waals surface area contributed by atoms with E-state index in [-0.39, 0.29) is 11.9 Å². The minimum absolute atomic E-state index is 0.269. The Morgan fingerprint density at radius 2 is 2.62 bits per heavy atom. The lowest BCUT2D eigenvalue weighted by molar-refractivity contribution is -0.119. The van der Waals surface area contributed by atoms with Gasteiger partial charge in [-0.1, -0.05) is 0 Å². The average molecular weight is 116 g/mol. The van der Waals surface area contributed by atoms with Crippen LogP contribution in [0.3, 0.4) is 0 Å². The molecule has 1 heterocycles. The molecule has 0 radical (unpaired) electrons. The Hall–Kier alpha value is -0.610. The van der Waals surface area contributed by atoms with Crippen LogP contribution in [-0.2, 0) is 9.53 Å². The first-order chi connectivity index (χ1) is 3.80. The zero-order chi connectivity index (χ0) is 5.98. The van der Waals surface area contributed by atoms with E-state index in [1.807, 2.05) is 0 Å². The monoisotopic (exact) mass is 116 g/mol. The lowest BCUT2D eigenvalue weighted by Crippen LogP contribution is -2.38. The van der Waals surface area contributed by atoms with Gasteiger partial charge in [-0.3, -0.25) is 10.1 Å². The van der Waals surface area contributed by atoms with Gasteiger partial charge in [0.2, 0.25) is 5.91 Å². The fourth-order valence-corrected chi connectivity index (χ4v) is 0.578. The van der Waals surface area contributed by atoms with Gasteiger partial charge in [0.15, 0.2) is 0 Å². The smallest absolute Gasteiger partial charge is 0.237 e. The minimum Gasteiger partial charge on any atom is -0.368 e. The highest BCUT2D eigenvalue weighted by Crippen LogP contribution is 1.90. The van der Waals surface area contributed by atoms with Crippen molar-refractivity contribution in [3.63, 3.8) is 0 Å². The van der Waals surface area contributed by atoms with E-state index in [1.165, 1.54) is 0 Å². The van der Waals surface area contributed by atoms with E-state index < -0.39 is 0 Å². The van der Waals surface area contributed by atoms with E-state index in [0.717, 1.165) is 0 Å². The number of carbonyl (C=O) groups excluding carboxylic acids is 1. The summed E-state index contributed by atoms with van der Waals surface area (Å²) in [6.45, 7) is 0.850. The standard InChI is InChI=1S/C4H8N2O2/c5-4(7)3-1-8-2-6-3/h3,6H,1-2H2,(H2,5,7). The molecule has 0 aromatic carbocycles. The molecule has 1 amide bonds. The Kier molecular flexibility index (Phi) is 1.45. The van der Waals surface area contributed by atoms with Gasteiger partial charge >= 0.3 is 0 Å². The molecule has 1 fully saturated rings. The zero-order valence-corrected chi connectivity index (χ0v) is 4.39. The Balaban J connectivity index is 2.35. The van der Waals surface area contributed by atoms with Crippen LogP contribution in [0.1, 0.15) is 0 Å². The summed E-state index contributed by atoms with van der Waals surface area (Å²) in [5, 5.41) is 2.76. The highest BCUT2D eigenvalue weighted by molar-refractivity contribution is 5.80. The van der Waals surface area contributed by atoms with E-state index in [1.54, 1.807) is 0 Å². The molecule has 1 unspecified atom stereocenters. The van der Waals surface area contributed by atoms with Crippen LogP contribution in [0, 0.1) is 0 Å². The van der Waals surface area contributed by atoms with Gasteiger partial charge in [-0.05, 0) is 0 Å². The fraction of sp³-hybridized carbons (Fsp3) is 0.750. The molecule has 1 atom stereocenters. The first-order valence-corrected chi connectivity index (χ1v) is 2.41. The molecule has 0 spiro atoms. The molecule has 1 rings (SSSR count). The molecule has 8 heavy (non-hydrogen) atoms. The summed E-state index contributed by atoms with van der Waals surface area (Å²) in [5.41, 5.74) is 4.92. The van der Waals surface area contributed by atoms with Gasteiger partial charge in [-0.25, -0.2) is 0 Å². The van der Waals surface area contributed by atoms with Crippen molar-refractivity contribution in [2.75, 3.05) is 13.3 Å². The molecule has 0 aliphatic carbocycles. The first kappa shape index (κ1) is 5.53. The lowest BCUT2D eigenvalue weighted by Gasteiger charge is -1.98. The molecular weight excluding hydrogens is 108 g/mol. The number of ether oxygens (including phenoxy) is 1. The third-order valence-corrected chi connectivity index (χ3v) is 1.06. The Morgan fingerprint density at radius 1 is 1.88 bits per heavy atom. The number of nitrogens with two attached hydrogens (primary N) is 1. The number of hydrogen-bond acceptors (Lipinski definition) is 3. The maximum atomic E-state index is 10.3. The number of carbonyl (C=O) groups is 1. The number of nitrogens with one attached hydrogen (secondary N) is 1. The summed E-state index contributed by atoms with van der Waals surface area (Å²) < 4.78 is 4.81. The van der Waals surface area contributed by atoms with Crippen molar-refractivity contribution in [2.45, 2.75) is 6.04 Å². The second kappa shape index (κ2) is 2.11. The summed E-state index contributed by atoms with van der Waals surface area (Å²) in [5.74, 6) is -0.345. The van der Waals surface area contributed by atoms with Gasteiger partial charge in [0.1, 0.15) is 6.04 Å². The van der Waals surface area contributed by atoms with Crippen molar-refractivity contribution in [3.8, 4) is 0 Å². The van der Waals surface area contributed by atoms with Crippen molar-refractivity contribution in [3.05, 3.63) is 0 Å². The molecule has 0 saturated carbocycles. The predicted molar refractivity (Wildman–Crippen MR) is 26.9 cm³/mol. The van der Waals surface area contributed by atoms with Crippen molar-refractivity contribution in [1.82, 2.24) is 5.32 Å². The maximum Gasteiger partial charge on any atom is 0.237 e. The fourth-order valence-electron chi connectivity index (χ4n) is 0.578. The molecule has 1 saturated heterocycles. The first-order valence-electron chi connectivity index (χ1n) is 2.41. The van der Waals surface area contributed by atoms with E-state index in [0.29, 0.717) is 13.3 Å². The van der Waals surface area contributed by atoms with Gasteiger partial charge in [-0.2, -0.15) is 0 Å². The lowest BCUT2D eigenvalue weighted by atomic mass is 10.3. The van der Waals surface area contributed by atoms with Crippen LogP contribution in [0.5, 0.6) is 0 Å². The van der Waals surface area contributed by atoms with Crippen LogP contribution in [0.25, 0.3) is 0 Å². The summed E-state index contributed by atoms with van der Waals surface area (Å²) in [6, 6.07) is -0.269. The zero-order valence-electron chi connectivity index (χ0n) is 4.39. The van der Waals surface area contributed by atoms with E-state index >= 15 is 0 Å². The molecule has 0 aromatic heterocycles. The number of hydrogen-bond donors (Lipinski definition) is 2. The van der Waals surface area contributed by atoms with E-state index in [4.69, 9.17) is 10.5 Å². The van der Waals surface area contributed by atoms with Crippen molar-refractivity contribution in [1.29, 1.82) is 0 Å². The molecule has 1 aliphatic heterocycles. The summed E-state index contributed by atoms with van der Waals surface area (Å²) in [6.07, 6.45) is 0. The second-order valence-corrected chi connectivity index (χ2v) is 1.67. The minimum atomic E-state index is -0.345. The molecule has 0 aromatic rings. The average Bonchev–Trinajstić information content (AvgIpc) is 2.12. The Morgan fingerprint density at radius 3 is 2.88 bits per heavy atom. The molecule has 46 valence electrons. The van der Waals surface area contributed by atoms with Gasteiger partial charge in [0.05, 0.1) is 13.3 Å². The van der Waals surface area contributed by atoms with Crippen LogP contribution in [-0.4, -0.2) is 25.3 Å². The van der Waals surface area contributed by atoms with Crippen molar-refractivity contribution < 1.29 is 9.53 Å². The summed E-state index contributed by atoms with van der Waals surface area (Å²) in [4.78, 5) is 10.3. The molecular formula is C4H8N2O2. The van der Waals surface area contributed by atoms with Crippen LogP contribution in [0.15, 0.2) is 0 Å². The maximum absolute atomic E-state index is 10.3. The topological polar surface area (TPSA) is 64.4 Å². The Bertz CT molecular complexity index is 98.2. The SMILES string of the molecule is NC(=O)C1COCN1. The summed E-state index contributed by atoms with van der Waals surface area (Å²) in [7, 11) is 0. The summed E-state index contributed by atoms with van der Waals surface area (Å²) >= 11 is 0. The largest absolute Gasteiger partial charge is 0.368 e. The molecule has 1 aliphatic rings. The van der Waals surface area contributed by atoms with Crippen LogP contribution < -0.4 is 11.1 Å². The van der Waals surface area contributed by atoms with Crippen molar-refractivity contribution >= 4 is 5.91 Å². The Labute approximate surface area is 47.0 Å². The van der Waals surface area contributed by atoms with Gasteiger partial charge in [0, 0.05) is 0 Å². The van der Waals surface area contributed by atoms with E-state index in [9.17, 15) is 4.79 Å². The highest BCUT2D eigenvalue weighted by atomic mass is 16.5. The van der Waals surface area contributed by atoms with Gasteiger partial charge in [-0.15, -0.1) is 0 Å². The van der Waals surface area contributed by atoms with Crippen LogP contribution >= 0.6 is 0 Å². The molecule has 4 heteroatoms. The third-order valence-electron chi connectivity index (χ3n) is 1.06. The number of amides is 1. The third kappa shape index (κ3) is 0.962. The number of rotatable bonds is 1. The van der Waals surface area contributed by atoms with Gasteiger partial charge < -0.3 is 10.5 Å². The number of primary amides is 1. The quantitative estimate of drug-likeness (QED) is 0.434. The molecule has 4 nitrogen and oxygen atoms in total. The molecule has 3 N–H and O–H groups in total. The van der Waals surface area contributed by atoms with Gasteiger partial charge in [0.25, 0.3) is 0 Å². The predicted octanol–water partition coefficient (Wildman–Crippen LogP) is -1.58. The molecule has 0 bridgehead atoms. The highest BCUT2D eigenvalue weighted by Gasteiger charge is 2.18. The van der Waals surface area contributed by atoms with Crippen LogP contribution in [0.4, 0.5) is 0 Å².